The minimum absolute atomic E-state index is 0.0175. The zero-order chi connectivity index (χ0) is 24.1. The van der Waals surface area contributed by atoms with Crippen molar-refractivity contribution in [3.8, 4) is 16.9 Å². The fourth-order valence-electron chi connectivity index (χ4n) is 3.73. The number of carbonyl (C=O) groups is 1. The van der Waals surface area contributed by atoms with Crippen LogP contribution in [-0.4, -0.2) is 36.4 Å². The highest BCUT2D eigenvalue weighted by atomic mass is 32.2. The van der Waals surface area contributed by atoms with Gasteiger partial charge in [0.2, 0.25) is 0 Å². The van der Waals surface area contributed by atoms with Gasteiger partial charge in [-0.05, 0) is 24.6 Å². The number of thiocarbonyl (C=S) groups is 1. The Morgan fingerprint density at radius 1 is 1.12 bits per heavy atom. The van der Waals surface area contributed by atoms with Gasteiger partial charge in [-0.25, -0.2) is 4.68 Å². The van der Waals surface area contributed by atoms with Gasteiger partial charge in [0, 0.05) is 36.0 Å². The maximum atomic E-state index is 13.1. The maximum Gasteiger partial charge on any atom is 0.270 e. The van der Waals surface area contributed by atoms with Gasteiger partial charge < -0.3 is 0 Å². The predicted molar refractivity (Wildman–Crippen MR) is 140 cm³/mol. The summed E-state index contributed by atoms with van der Waals surface area (Å²) in [7, 11) is 0. The molecule has 0 aliphatic carbocycles. The third-order valence-electron chi connectivity index (χ3n) is 5.49. The normalized spacial score (nSPS) is 14.9. The van der Waals surface area contributed by atoms with E-state index in [0.717, 1.165) is 31.4 Å². The van der Waals surface area contributed by atoms with E-state index < -0.39 is 4.92 Å². The topological polar surface area (TPSA) is 81.3 Å². The van der Waals surface area contributed by atoms with Gasteiger partial charge in [0.05, 0.1) is 15.5 Å². The zero-order valence-electron chi connectivity index (χ0n) is 18.7. The van der Waals surface area contributed by atoms with E-state index in [-0.39, 0.29) is 11.6 Å². The molecule has 174 valence electrons. The van der Waals surface area contributed by atoms with Crippen molar-refractivity contribution >= 4 is 46.0 Å². The number of nitrogens with zero attached hydrogens (tertiary/aromatic N) is 4. The molecule has 0 spiro atoms. The average molecular weight is 493 g/mol. The molecule has 1 amide bonds. The molecule has 1 fully saturated rings. The molecule has 9 heteroatoms. The molecular formula is C25H24N4O3S2. The fourth-order valence-corrected chi connectivity index (χ4v) is 5.03. The van der Waals surface area contributed by atoms with Gasteiger partial charge in [-0.1, -0.05) is 80.5 Å². The standard InChI is InChI=1S/C25H24N4O3S2/c1-2-3-4-8-14-27-24(30)22(34-25(27)33)16-19-17-28(20-11-6-5-7-12-20)26-23(19)18-10-9-13-21(15-18)29(31)32/h5-7,9-13,15-17H,2-4,8,14H2,1H3. The molecule has 0 saturated carbocycles. The van der Waals surface area contributed by atoms with Crippen LogP contribution in [0.3, 0.4) is 0 Å². The number of aromatic nitrogens is 2. The van der Waals surface area contributed by atoms with E-state index in [1.807, 2.05) is 36.5 Å². The van der Waals surface area contributed by atoms with Gasteiger partial charge in [0.1, 0.15) is 10.0 Å². The number of unbranched alkanes of at least 4 members (excludes halogenated alkanes) is 3. The summed E-state index contributed by atoms with van der Waals surface area (Å²) < 4.78 is 2.27. The molecular weight excluding hydrogens is 468 g/mol. The van der Waals surface area contributed by atoms with Crippen LogP contribution in [0.1, 0.15) is 38.2 Å². The number of amides is 1. The van der Waals surface area contributed by atoms with Crippen molar-refractivity contribution in [3.05, 3.63) is 81.4 Å². The number of rotatable bonds is 9. The molecule has 34 heavy (non-hydrogen) atoms. The average Bonchev–Trinajstić information content (AvgIpc) is 3.38. The van der Waals surface area contributed by atoms with Crippen LogP contribution >= 0.6 is 24.0 Å². The molecule has 0 unspecified atom stereocenters. The summed E-state index contributed by atoms with van der Waals surface area (Å²) >= 11 is 6.76. The van der Waals surface area contributed by atoms with Gasteiger partial charge in [-0.15, -0.1) is 0 Å². The zero-order valence-corrected chi connectivity index (χ0v) is 20.3. The highest BCUT2D eigenvalue weighted by Crippen LogP contribution is 2.35. The lowest BCUT2D eigenvalue weighted by Crippen LogP contribution is -2.29. The molecule has 4 rings (SSSR count). The number of non-ortho nitro benzene ring substituents is 1. The van der Waals surface area contributed by atoms with Crippen molar-refractivity contribution in [3.63, 3.8) is 0 Å². The minimum Gasteiger partial charge on any atom is -0.293 e. The van der Waals surface area contributed by atoms with Crippen LogP contribution in [0.5, 0.6) is 0 Å². The van der Waals surface area contributed by atoms with Crippen molar-refractivity contribution in [1.29, 1.82) is 0 Å². The summed E-state index contributed by atoms with van der Waals surface area (Å²) in [5.74, 6) is -0.107. The molecule has 2 heterocycles. The lowest BCUT2D eigenvalue weighted by Gasteiger charge is -2.13. The van der Waals surface area contributed by atoms with E-state index >= 15 is 0 Å². The largest absolute Gasteiger partial charge is 0.293 e. The Hall–Kier alpha value is -3.30. The van der Waals surface area contributed by atoms with Gasteiger partial charge in [-0.2, -0.15) is 5.10 Å². The maximum absolute atomic E-state index is 13.1. The molecule has 0 bridgehead atoms. The van der Waals surface area contributed by atoms with Crippen molar-refractivity contribution in [2.45, 2.75) is 32.6 Å². The molecule has 2 aromatic carbocycles. The number of thioether (sulfide) groups is 1. The van der Waals surface area contributed by atoms with E-state index in [1.165, 1.54) is 23.9 Å². The number of para-hydroxylation sites is 1. The molecule has 7 nitrogen and oxygen atoms in total. The van der Waals surface area contributed by atoms with Crippen LogP contribution in [0, 0.1) is 10.1 Å². The van der Waals surface area contributed by atoms with E-state index in [4.69, 9.17) is 17.3 Å². The number of benzene rings is 2. The molecule has 1 aliphatic rings. The van der Waals surface area contributed by atoms with Crippen molar-refractivity contribution in [2.75, 3.05) is 6.54 Å². The first-order valence-corrected chi connectivity index (χ1v) is 12.4. The second kappa shape index (κ2) is 10.8. The third-order valence-corrected chi connectivity index (χ3v) is 6.87. The van der Waals surface area contributed by atoms with Crippen molar-refractivity contribution < 1.29 is 9.72 Å². The number of carbonyl (C=O) groups excluding carboxylic acids is 1. The number of nitro benzene ring substituents is 1. The highest BCUT2D eigenvalue weighted by Gasteiger charge is 2.32. The lowest BCUT2D eigenvalue weighted by atomic mass is 10.1. The molecule has 0 radical (unpaired) electrons. The van der Waals surface area contributed by atoms with Gasteiger partial charge in [0.15, 0.2) is 0 Å². The van der Waals surface area contributed by atoms with Gasteiger partial charge >= 0.3 is 0 Å². The quantitative estimate of drug-likeness (QED) is 0.116. The Bertz CT molecular complexity index is 1250. The van der Waals surface area contributed by atoms with Crippen LogP contribution in [0.15, 0.2) is 65.7 Å². The Labute approximate surface area is 207 Å². The monoisotopic (exact) mass is 492 g/mol. The highest BCUT2D eigenvalue weighted by molar-refractivity contribution is 8.26. The summed E-state index contributed by atoms with van der Waals surface area (Å²) in [6, 6.07) is 15.9. The van der Waals surface area contributed by atoms with Crippen LogP contribution in [0.2, 0.25) is 0 Å². The first kappa shape index (κ1) is 23.8. The van der Waals surface area contributed by atoms with Gasteiger partial charge in [0.25, 0.3) is 11.6 Å². The molecule has 1 aromatic heterocycles. The van der Waals surface area contributed by atoms with Crippen molar-refractivity contribution in [2.24, 2.45) is 0 Å². The summed E-state index contributed by atoms with van der Waals surface area (Å²) in [6.45, 7) is 2.76. The Kier molecular flexibility index (Phi) is 7.54. The summed E-state index contributed by atoms with van der Waals surface area (Å²) in [5.41, 5.74) is 2.68. The number of nitro groups is 1. The first-order valence-electron chi connectivity index (χ1n) is 11.1. The van der Waals surface area contributed by atoms with E-state index in [2.05, 4.69) is 6.92 Å². The molecule has 1 saturated heterocycles. The SMILES string of the molecule is CCCCCCN1C(=O)C(=Cc2cn(-c3ccccc3)nc2-c2cccc([N+](=O)[O-])c2)SC1=S. The smallest absolute Gasteiger partial charge is 0.270 e. The minimum atomic E-state index is -0.430. The van der Waals surface area contributed by atoms with Gasteiger partial charge in [-0.3, -0.25) is 19.8 Å². The summed E-state index contributed by atoms with van der Waals surface area (Å²) in [5, 5.41) is 16.0. The first-order chi connectivity index (χ1) is 16.5. The summed E-state index contributed by atoms with van der Waals surface area (Å²) in [4.78, 5) is 26.2. The molecule has 3 aromatic rings. The predicted octanol–water partition coefficient (Wildman–Crippen LogP) is 6.23. The van der Waals surface area contributed by atoms with Crippen LogP contribution < -0.4 is 0 Å². The Balaban J connectivity index is 1.71. The van der Waals surface area contributed by atoms with E-state index in [0.29, 0.717) is 32.6 Å². The molecule has 1 aliphatic heterocycles. The lowest BCUT2D eigenvalue weighted by molar-refractivity contribution is -0.384. The van der Waals surface area contributed by atoms with E-state index in [1.54, 1.807) is 27.8 Å². The van der Waals surface area contributed by atoms with Crippen LogP contribution in [0.25, 0.3) is 23.0 Å². The third kappa shape index (κ3) is 5.26. The Morgan fingerprint density at radius 3 is 2.65 bits per heavy atom. The fraction of sp³-hybridized carbons (Fsp3) is 0.240. The second-order valence-corrected chi connectivity index (χ2v) is 9.59. The second-order valence-electron chi connectivity index (χ2n) is 7.91. The molecule has 0 atom stereocenters. The van der Waals surface area contributed by atoms with Crippen molar-refractivity contribution in [1.82, 2.24) is 14.7 Å². The number of hydrogen-bond donors (Lipinski definition) is 0. The number of hydrogen-bond acceptors (Lipinski definition) is 6. The summed E-state index contributed by atoms with van der Waals surface area (Å²) in [6.07, 6.45) is 7.86. The Morgan fingerprint density at radius 2 is 1.91 bits per heavy atom. The van der Waals surface area contributed by atoms with Crippen LogP contribution in [0.4, 0.5) is 5.69 Å². The van der Waals surface area contributed by atoms with Crippen LogP contribution in [-0.2, 0) is 4.79 Å². The molecule has 0 N–H and O–H groups in total. The van der Waals surface area contributed by atoms with E-state index in [9.17, 15) is 14.9 Å².